The molecule has 5 aromatic rings. The van der Waals surface area contributed by atoms with E-state index in [4.69, 9.17) is 8.83 Å². The molecule has 9 nitrogen and oxygen atoms in total. The summed E-state index contributed by atoms with van der Waals surface area (Å²) in [4.78, 5) is 35.4. The van der Waals surface area contributed by atoms with E-state index >= 15 is 0 Å². The van der Waals surface area contributed by atoms with Crippen LogP contribution in [0.5, 0.6) is 0 Å². The molecule has 1 amide bonds. The molecular formula is C26H16N2O7. The lowest BCUT2D eigenvalue weighted by Crippen LogP contribution is -2.16. The minimum Gasteiger partial charge on any atom is -0.478 e. The maximum atomic E-state index is 13.0. The third kappa shape index (κ3) is 4.13. The van der Waals surface area contributed by atoms with Gasteiger partial charge in [0.1, 0.15) is 11.2 Å². The van der Waals surface area contributed by atoms with Crippen molar-refractivity contribution in [3.63, 3.8) is 0 Å². The van der Waals surface area contributed by atoms with Gasteiger partial charge in [0.2, 0.25) is 0 Å². The number of carbonyl (C=O) groups is 2. The smallest absolute Gasteiger partial charge is 0.336 e. The third-order valence-corrected chi connectivity index (χ3v) is 5.40. The minimum absolute atomic E-state index is 0.135. The molecule has 4 aromatic carbocycles. The van der Waals surface area contributed by atoms with Crippen LogP contribution in [-0.4, -0.2) is 21.9 Å². The van der Waals surface area contributed by atoms with Crippen molar-refractivity contribution in [3.05, 3.63) is 106 Å². The van der Waals surface area contributed by atoms with Gasteiger partial charge in [-0.1, -0.05) is 36.4 Å². The number of hydrogen-bond acceptors (Lipinski definition) is 6. The SMILES string of the molecule is O=C(O)c1cc2oc3ccccc3c3ccccc3oc2cc1C(=O)Nc1ccc([N+](=O)[O-])cc1. The molecule has 172 valence electrons. The number of hydrogen-bond donors (Lipinski definition) is 2. The number of fused-ring (bicyclic) bond motifs is 4. The van der Waals surface area contributed by atoms with Gasteiger partial charge in [0, 0.05) is 28.6 Å². The van der Waals surface area contributed by atoms with Crippen LogP contribution in [0.15, 0.2) is 93.8 Å². The molecule has 0 unspecified atom stereocenters. The number of aromatic carboxylic acids is 1. The molecule has 0 atom stereocenters. The van der Waals surface area contributed by atoms with E-state index in [1.807, 2.05) is 24.3 Å². The van der Waals surface area contributed by atoms with Gasteiger partial charge >= 0.3 is 5.97 Å². The Morgan fingerprint density at radius 2 is 1.26 bits per heavy atom. The van der Waals surface area contributed by atoms with Crippen LogP contribution in [0, 0.1) is 10.1 Å². The monoisotopic (exact) mass is 468 g/mol. The summed E-state index contributed by atoms with van der Waals surface area (Å²) < 4.78 is 12.1. The lowest BCUT2D eigenvalue weighted by Gasteiger charge is -2.09. The van der Waals surface area contributed by atoms with Gasteiger partial charge in [-0.2, -0.15) is 0 Å². The Labute approximate surface area is 196 Å². The number of carboxylic acid groups (broad SMARTS) is 1. The number of benzene rings is 4. The Bertz CT molecular complexity index is 1700. The number of nitro groups is 1. The number of nitrogens with one attached hydrogen (secondary N) is 1. The van der Waals surface area contributed by atoms with Crippen LogP contribution in [0.3, 0.4) is 0 Å². The number of rotatable bonds is 4. The van der Waals surface area contributed by atoms with E-state index in [2.05, 4.69) is 5.32 Å². The molecule has 0 saturated carbocycles. The molecule has 5 rings (SSSR count). The number of nitro benzene ring substituents is 1. The Balaban J connectivity index is 1.71. The molecule has 0 saturated heterocycles. The van der Waals surface area contributed by atoms with Crippen LogP contribution in [0.25, 0.3) is 33.1 Å². The van der Waals surface area contributed by atoms with Crippen molar-refractivity contribution in [2.24, 2.45) is 0 Å². The van der Waals surface area contributed by atoms with E-state index in [1.165, 1.54) is 36.4 Å². The van der Waals surface area contributed by atoms with E-state index in [9.17, 15) is 24.8 Å². The Hall–Kier alpha value is -5.18. The van der Waals surface area contributed by atoms with Crippen molar-refractivity contribution in [1.82, 2.24) is 0 Å². The van der Waals surface area contributed by atoms with E-state index < -0.39 is 16.8 Å². The van der Waals surface area contributed by atoms with Crippen LogP contribution in [0.4, 0.5) is 11.4 Å². The summed E-state index contributed by atoms with van der Waals surface area (Å²) in [6.07, 6.45) is 0. The van der Waals surface area contributed by atoms with Gasteiger partial charge in [-0.25, -0.2) is 4.79 Å². The molecule has 0 aliphatic carbocycles. The Morgan fingerprint density at radius 3 is 1.77 bits per heavy atom. The molecule has 0 aliphatic heterocycles. The fourth-order valence-electron chi connectivity index (χ4n) is 3.74. The summed E-state index contributed by atoms with van der Waals surface area (Å²) in [6.45, 7) is 0. The van der Waals surface area contributed by atoms with Gasteiger partial charge in [0.15, 0.2) is 11.2 Å². The maximum Gasteiger partial charge on any atom is 0.336 e. The highest BCUT2D eigenvalue weighted by atomic mass is 16.6. The van der Waals surface area contributed by atoms with Gasteiger partial charge in [-0.05, 0) is 36.4 Å². The van der Waals surface area contributed by atoms with E-state index in [-0.39, 0.29) is 33.7 Å². The largest absolute Gasteiger partial charge is 0.478 e. The highest BCUT2D eigenvalue weighted by Crippen LogP contribution is 2.29. The van der Waals surface area contributed by atoms with Crippen molar-refractivity contribution in [3.8, 4) is 0 Å². The van der Waals surface area contributed by atoms with Gasteiger partial charge < -0.3 is 19.3 Å². The topological polar surface area (TPSA) is 136 Å². The van der Waals surface area contributed by atoms with Gasteiger partial charge in [-0.15, -0.1) is 0 Å². The summed E-state index contributed by atoms with van der Waals surface area (Å²) in [5.74, 6) is -2.06. The predicted octanol–water partition coefficient (Wildman–Crippen LogP) is 6.32. The lowest BCUT2D eigenvalue weighted by atomic mass is 10.1. The average molecular weight is 468 g/mol. The summed E-state index contributed by atoms with van der Waals surface area (Å²) in [7, 11) is 0. The first kappa shape index (κ1) is 21.7. The molecule has 1 aromatic heterocycles. The zero-order valence-electron chi connectivity index (χ0n) is 17.9. The van der Waals surface area contributed by atoms with Crippen LogP contribution in [-0.2, 0) is 0 Å². The quantitative estimate of drug-likeness (QED) is 0.233. The number of carbonyl (C=O) groups excluding carboxylic acids is 1. The molecular weight excluding hydrogens is 452 g/mol. The number of nitrogens with zero attached hydrogens (tertiary/aromatic N) is 1. The number of amides is 1. The van der Waals surface area contributed by atoms with Crippen LogP contribution < -0.4 is 5.32 Å². The normalized spacial score (nSPS) is 10.9. The Morgan fingerprint density at radius 1 is 0.743 bits per heavy atom. The summed E-state index contributed by atoms with van der Waals surface area (Å²) in [5, 5.41) is 24.8. The highest BCUT2D eigenvalue weighted by Gasteiger charge is 2.20. The second-order valence-corrected chi connectivity index (χ2v) is 7.60. The van der Waals surface area contributed by atoms with Crippen molar-refractivity contribution in [1.29, 1.82) is 0 Å². The highest BCUT2D eigenvalue weighted by molar-refractivity contribution is 6.13. The molecule has 1 heterocycles. The second kappa shape index (κ2) is 8.64. The van der Waals surface area contributed by atoms with Crippen molar-refractivity contribution in [2.45, 2.75) is 0 Å². The molecule has 0 spiro atoms. The molecule has 0 radical (unpaired) electrons. The van der Waals surface area contributed by atoms with E-state index in [0.717, 1.165) is 10.8 Å². The fraction of sp³-hybridized carbons (Fsp3) is 0. The minimum atomic E-state index is -1.33. The molecule has 0 fully saturated rings. The first-order valence-electron chi connectivity index (χ1n) is 10.4. The molecule has 2 N–H and O–H groups in total. The maximum absolute atomic E-state index is 13.0. The van der Waals surface area contributed by atoms with Crippen LogP contribution in [0.2, 0.25) is 0 Å². The third-order valence-electron chi connectivity index (χ3n) is 5.40. The summed E-state index contributed by atoms with van der Waals surface area (Å²) in [5.41, 5.74) is 0.975. The van der Waals surface area contributed by atoms with Crippen LogP contribution in [0.1, 0.15) is 20.7 Å². The Kier molecular flexibility index (Phi) is 5.34. The van der Waals surface area contributed by atoms with E-state index in [1.54, 1.807) is 24.3 Å². The van der Waals surface area contributed by atoms with Gasteiger partial charge in [-0.3, -0.25) is 14.9 Å². The van der Waals surface area contributed by atoms with Crippen LogP contribution >= 0.6 is 0 Å². The van der Waals surface area contributed by atoms with Crippen molar-refractivity contribution < 1.29 is 28.5 Å². The first-order valence-corrected chi connectivity index (χ1v) is 10.4. The summed E-state index contributed by atoms with van der Waals surface area (Å²) >= 11 is 0. The fourth-order valence-corrected chi connectivity index (χ4v) is 3.74. The number of para-hydroxylation sites is 2. The number of carboxylic acids is 1. The van der Waals surface area contributed by atoms with Crippen molar-refractivity contribution >= 4 is 56.4 Å². The molecule has 0 aliphatic rings. The second-order valence-electron chi connectivity index (χ2n) is 7.60. The number of non-ortho nitro benzene ring substituents is 1. The average Bonchev–Trinajstić information content (AvgIpc) is 2.84. The first-order chi connectivity index (χ1) is 16.9. The van der Waals surface area contributed by atoms with Gasteiger partial charge in [0.25, 0.3) is 11.6 Å². The predicted molar refractivity (Wildman–Crippen MR) is 129 cm³/mol. The van der Waals surface area contributed by atoms with Gasteiger partial charge in [0.05, 0.1) is 16.1 Å². The summed E-state index contributed by atoms with van der Waals surface area (Å²) in [6, 6.07) is 22.3. The lowest BCUT2D eigenvalue weighted by molar-refractivity contribution is -0.384. The number of anilines is 1. The zero-order valence-corrected chi connectivity index (χ0v) is 17.9. The van der Waals surface area contributed by atoms with Crippen molar-refractivity contribution in [2.75, 3.05) is 5.32 Å². The zero-order chi connectivity index (χ0) is 24.5. The molecule has 9 heteroatoms. The van der Waals surface area contributed by atoms with E-state index in [0.29, 0.717) is 11.2 Å². The standard InChI is InChI=1S/C26H16N2O7/c29-25(27-15-9-11-16(12-10-15)28(32)33)19-13-23-24(14-20(19)26(30)31)35-22-8-4-2-6-18(22)17-5-1-3-7-21(17)34-23/h1-14H,(H,27,29)(H,30,31). The molecule has 0 bridgehead atoms. The molecule has 35 heavy (non-hydrogen) atoms.